The number of aryl methyl sites for hydroxylation is 1. The molecule has 0 amide bonds. The maximum Gasteiger partial charge on any atom is 0.227 e. The lowest BCUT2D eigenvalue weighted by Gasteiger charge is -2.17. The number of aromatic nitrogens is 4. The molecule has 0 saturated heterocycles. The molecular weight excluding hydrogens is 491 g/mol. The Balaban J connectivity index is 1.21. The van der Waals surface area contributed by atoms with Crippen molar-refractivity contribution >= 4 is 28.4 Å². The molecule has 6 aromatic rings. The van der Waals surface area contributed by atoms with Gasteiger partial charge in [0.25, 0.3) is 0 Å². The van der Waals surface area contributed by atoms with Crippen LogP contribution in [0.4, 0.5) is 21.8 Å². The summed E-state index contributed by atoms with van der Waals surface area (Å²) >= 11 is 0. The number of hydrogen-bond donors (Lipinski definition) is 2. The predicted octanol–water partition coefficient (Wildman–Crippen LogP) is 7.71. The predicted molar refractivity (Wildman–Crippen MR) is 151 cm³/mol. The van der Waals surface area contributed by atoms with E-state index in [0.717, 1.165) is 22.4 Å². The third-order valence-corrected chi connectivity index (χ3v) is 6.41. The van der Waals surface area contributed by atoms with Crippen LogP contribution in [0.25, 0.3) is 33.4 Å². The molecule has 7 nitrogen and oxygen atoms in total. The Kier molecular flexibility index (Phi) is 6.42. The largest absolute Gasteiger partial charge is 0.461 e. The summed E-state index contributed by atoms with van der Waals surface area (Å²) in [5, 5.41) is 7.36. The first kappa shape index (κ1) is 24.2. The van der Waals surface area contributed by atoms with E-state index < -0.39 is 5.82 Å². The summed E-state index contributed by atoms with van der Waals surface area (Å²) in [5.74, 6) is 1.36. The fourth-order valence-electron chi connectivity index (χ4n) is 4.46. The number of nitrogens with zero attached hydrogens (tertiary/aromatic N) is 4. The van der Waals surface area contributed by atoms with Crippen LogP contribution < -0.4 is 10.6 Å². The van der Waals surface area contributed by atoms with E-state index in [0.29, 0.717) is 34.2 Å². The molecule has 0 bridgehead atoms. The number of anilines is 3. The average Bonchev–Trinajstić information content (AvgIpc) is 3.43. The first-order valence-corrected chi connectivity index (χ1v) is 12.6. The van der Waals surface area contributed by atoms with E-state index in [-0.39, 0.29) is 11.6 Å². The van der Waals surface area contributed by atoms with Crippen LogP contribution in [0.1, 0.15) is 24.4 Å². The van der Waals surface area contributed by atoms with Gasteiger partial charge in [0.2, 0.25) is 5.95 Å². The fraction of sp³-hybridized carbons (Fsp3) is 0.0968. The van der Waals surface area contributed by atoms with Crippen LogP contribution in [-0.2, 0) is 0 Å². The topological polar surface area (TPSA) is 88.8 Å². The minimum atomic E-state index is -0.420. The molecule has 0 spiro atoms. The quantitative estimate of drug-likeness (QED) is 0.225. The zero-order valence-corrected chi connectivity index (χ0v) is 21.4. The molecule has 0 fully saturated rings. The number of rotatable bonds is 7. The van der Waals surface area contributed by atoms with E-state index in [4.69, 9.17) is 4.42 Å². The number of benzene rings is 3. The van der Waals surface area contributed by atoms with Crippen molar-refractivity contribution in [3.8, 4) is 22.4 Å². The second-order valence-corrected chi connectivity index (χ2v) is 9.26. The van der Waals surface area contributed by atoms with Crippen LogP contribution in [0.3, 0.4) is 0 Å². The first-order chi connectivity index (χ1) is 19.0. The second kappa shape index (κ2) is 10.3. The Morgan fingerprint density at radius 1 is 0.821 bits per heavy atom. The van der Waals surface area contributed by atoms with Gasteiger partial charge in [0.05, 0.1) is 12.0 Å². The van der Waals surface area contributed by atoms with Gasteiger partial charge in [-0.1, -0.05) is 36.4 Å². The van der Waals surface area contributed by atoms with E-state index in [1.807, 2.05) is 73.9 Å². The molecule has 8 heteroatoms. The normalized spacial score (nSPS) is 11.9. The second-order valence-electron chi connectivity index (χ2n) is 9.26. The highest BCUT2D eigenvalue weighted by molar-refractivity contribution is 5.83. The Labute approximate surface area is 224 Å². The number of nitrogens with one attached hydrogen (secondary N) is 2. The summed E-state index contributed by atoms with van der Waals surface area (Å²) in [6.45, 7) is 3.89. The van der Waals surface area contributed by atoms with E-state index in [1.165, 1.54) is 12.3 Å². The van der Waals surface area contributed by atoms with Crippen LogP contribution in [0.15, 0.2) is 102 Å². The van der Waals surface area contributed by atoms with Crippen molar-refractivity contribution in [2.75, 3.05) is 10.6 Å². The van der Waals surface area contributed by atoms with Gasteiger partial charge in [-0.2, -0.15) is 0 Å². The van der Waals surface area contributed by atoms with Gasteiger partial charge >= 0.3 is 0 Å². The standard InChI is InChI=1S/C31H25FN6O/c1-19(35-29-16-28(36-20(2)37-29)24-14-23-11-12-39-30(23)27(32)15-24)21-7-6-8-22(13-21)25-17-33-31(34-18-25)38-26-9-4-3-5-10-26/h3-19H,1-2H3,(H,33,34,38)(H,35,36,37)/t19-/m0/s1. The molecule has 3 aromatic heterocycles. The Morgan fingerprint density at radius 2 is 1.64 bits per heavy atom. The van der Waals surface area contributed by atoms with Gasteiger partial charge in [-0.05, 0) is 61.4 Å². The van der Waals surface area contributed by atoms with Gasteiger partial charge in [0.15, 0.2) is 11.4 Å². The summed E-state index contributed by atoms with van der Waals surface area (Å²) in [6.07, 6.45) is 5.10. The van der Waals surface area contributed by atoms with Crippen molar-refractivity contribution in [3.63, 3.8) is 0 Å². The summed E-state index contributed by atoms with van der Waals surface area (Å²) in [7, 11) is 0. The van der Waals surface area contributed by atoms with Crippen LogP contribution in [0.5, 0.6) is 0 Å². The molecule has 6 rings (SSSR count). The molecule has 0 radical (unpaired) electrons. The minimum absolute atomic E-state index is 0.0554. The van der Waals surface area contributed by atoms with Crippen LogP contribution in [0.2, 0.25) is 0 Å². The number of para-hydroxylation sites is 1. The third-order valence-electron chi connectivity index (χ3n) is 6.41. The maximum absolute atomic E-state index is 14.5. The van der Waals surface area contributed by atoms with Crippen molar-refractivity contribution < 1.29 is 8.81 Å². The number of fused-ring (bicyclic) bond motifs is 1. The van der Waals surface area contributed by atoms with Gasteiger partial charge in [-0.15, -0.1) is 0 Å². The van der Waals surface area contributed by atoms with Gasteiger partial charge in [0.1, 0.15) is 11.6 Å². The molecule has 2 N–H and O–H groups in total. The highest BCUT2D eigenvalue weighted by atomic mass is 19.1. The lowest BCUT2D eigenvalue weighted by Crippen LogP contribution is -2.09. The lowest BCUT2D eigenvalue weighted by molar-refractivity contribution is 0.560. The Hall–Kier alpha value is -5.11. The highest BCUT2D eigenvalue weighted by Gasteiger charge is 2.13. The molecule has 3 aromatic carbocycles. The van der Waals surface area contributed by atoms with E-state index in [9.17, 15) is 4.39 Å². The number of halogens is 1. The number of furan rings is 1. The molecule has 0 saturated carbocycles. The first-order valence-electron chi connectivity index (χ1n) is 12.6. The van der Waals surface area contributed by atoms with Crippen molar-refractivity contribution in [1.82, 2.24) is 19.9 Å². The minimum Gasteiger partial charge on any atom is -0.461 e. The molecule has 0 aliphatic rings. The van der Waals surface area contributed by atoms with Crippen molar-refractivity contribution in [2.24, 2.45) is 0 Å². The van der Waals surface area contributed by atoms with Gasteiger partial charge in [-0.3, -0.25) is 0 Å². The Bertz CT molecular complexity index is 1750. The summed E-state index contributed by atoms with van der Waals surface area (Å²) < 4.78 is 19.8. The fourth-order valence-corrected chi connectivity index (χ4v) is 4.46. The molecule has 0 unspecified atom stereocenters. The van der Waals surface area contributed by atoms with Crippen LogP contribution >= 0.6 is 0 Å². The van der Waals surface area contributed by atoms with E-state index in [1.54, 1.807) is 6.07 Å². The van der Waals surface area contributed by atoms with Crippen molar-refractivity contribution in [1.29, 1.82) is 0 Å². The van der Waals surface area contributed by atoms with Gasteiger partial charge < -0.3 is 15.1 Å². The summed E-state index contributed by atoms with van der Waals surface area (Å²) in [5.41, 5.74) is 5.47. The van der Waals surface area contributed by atoms with Crippen molar-refractivity contribution in [3.05, 3.63) is 115 Å². The summed E-state index contributed by atoms with van der Waals surface area (Å²) in [4.78, 5) is 18.0. The highest BCUT2D eigenvalue weighted by Crippen LogP contribution is 2.29. The molecule has 0 aliphatic heterocycles. The van der Waals surface area contributed by atoms with Gasteiger partial charge in [-0.25, -0.2) is 24.3 Å². The molecular formula is C31H25FN6O. The van der Waals surface area contributed by atoms with Crippen LogP contribution in [0, 0.1) is 12.7 Å². The SMILES string of the molecule is Cc1nc(N[C@@H](C)c2cccc(-c3cnc(Nc4ccccc4)nc3)c2)cc(-c2cc(F)c3occc3c2)n1. The maximum atomic E-state index is 14.5. The third kappa shape index (κ3) is 5.31. The summed E-state index contributed by atoms with van der Waals surface area (Å²) in [6, 6.07) is 24.8. The molecule has 1 atom stereocenters. The molecule has 192 valence electrons. The zero-order chi connectivity index (χ0) is 26.8. The average molecular weight is 517 g/mol. The molecule has 3 heterocycles. The van der Waals surface area contributed by atoms with Gasteiger partial charge in [0, 0.05) is 46.7 Å². The van der Waals surface area contributed by atoms with Crippen LogP contribution in [-0.4, -0.2) is 19.9 Å². The van der Waals surface area contributed by atoms with E-state index >= 15 is 0 Å². The Morgan fingerprint density at radius 3 is 2.46 bits per heavy atom. The van der Waals surface area contributed by atoms with Crippen molar-refractivity contribution in [2.45, 2.75) is 19.9 Å². The molecule has 0 aliphatic carbocycles. The van der Waals surface area contributed by atoms with E-state index in [2.05, 4.69) is 49.6 Å². The lowest BCUT2D eigenvalue weighted by atomic mass is 10.0. The molecule has 39 heavy (non-hydrogen) atoms. The monoisotopic (exact) mass is 516 g/mol. The number of hydrogen-bond acceptors (Lipinski definition) is 7. The zero-order valence-electron chi connectivity index (χ0n) is 21.4. The smallest absolute Gasteiger partial charge is 0.227 e.